The molecule has 2 unspecified atom stereocenters. The van der Waals surface area contributed by atoms with Crippen LogP contribution in [0.5, 0.6) is 0 Å². The highest BCUT2D eigenvalue weighted by Gasteiger charge is 2.30. The van der Waals surface area contributed by atoms with Crippen molar-refractivity contribution in [3.05, 3.63) is 142 Å². The Kier molecular flexibility index (Phi) is 10.6. The number of pyridine rings is 1. The van der Waals surface area contributed by atoms with E-state index in [2.05, 4.69) is 16.0 Å². The number of carboxylic acids is 2. The Balaban J connectivity index is 1.44. The van der Waals surface area contributed by atoms with Gasteiger partial charge in [-0.2, -0.15) is 0 Å². The molecule has 3 aromatic rings. The number of nitrogens with one attached hydrogen (secondary N) is 3. The first kappa shape index (κ1) is 31.2. The van der Waals surface area contributed by atoms with E-state index in [0.29, 0.717) is 0 Å². The summed E-state index contributed by atoms with van der Waals surface area (Å²) < 4.78 is 1.44. The second kappa shape index (κ2) is 15.0. The normalized spacial score (nSPS) is 13.6. The number of benzene rings is 2. The Hall–Kier alpha value is -5.71. The van der Waals surface area contributed by atoms with Crippen LogP contribution in [0.3, 0.4) is 0 Å². The Morgan fingerprint density at radius 1 is 0.818 bits per heavy atom. The number of allylic oxidation sites excluding steroid dienone is 4. The molecule has 2 atom stereocenters. The van der Waals surface area contributed by atoms with E-state index in [1.165, 1.54) is 22.9 Å². The molecule has 1 aliphatic heterocycles. The Bertz CT molecular complexity index is 1610. The molecule has 0 saturated carbocycles. The minimum Gasteiger partial charge on any atom is -0.480 e. The summed E-state index contributed by atoms with van der Waals surface area (Å²) >= 11 is 0. The lowest BCUT2D eigenvalue weighted by Crippen LogP contribution is -2.44. The quantitative estimate of drug-likeness (QED) is 0.148. The van der Waals surface area contributed by atoms with Crippen molar-refractivity contribution in [3.8, 4) is 0 Å². The first-order valence-corrected chi connectivity index (χ1v) is 13.9. The maximum atomic E-state index is 13.6. The molecule has 11 heteroatoms. The summed E-state index contributed by atoms with van der Waals surface area (Å²) in [6.45, 7) is -0.0325. The van der Waals surface area contributed by atoms with Gasteiger partial charge in [-0.25, -0.2) is 4.79 Å². The van der Waals surface area contributed by atoms with E-state index in [4.69, 9.17) is 0 Å². The molecule has 0 radical (unpaired) electrons. The number of nitrogens with zero attached hydrogens (tertiary/aromatic N) is 1. The van der Waals surface area contributed by atoms with Crippen molar-refractivity contribution in [3.63, 3.8) is 0 Å². The van der Waals surface area contributed by atoms with Crippen LogP contribution >= 0.6 is 0 Å². The third-order valence-corrected chi connectivity index (χ3v) is 6.96. The van der Waals surface area contributed by atoms with Crippen LogP contribution in [0.2, 0.25) is 0 Å². The van der Waals surface area contributed by atoms with Gasteiger partial charge in [-0.15, -0.1) is 0 Å². The van der Waals surface area contributed by atoms with Crippen molar-refractivity contribution < 1.29 is 29.4 Å². The lowest BCUT2D eigenvalue weighted by molar-refractivity contribution is -0.145. The molecule has 5 N–H and O–H groups in total. The van der Waals surface area contributed by atoms with Crippen LogP contribution in [-0.2, 0) is 14.4 Å². The molecule has 0 fully saturated rings. The molecule has 0 spiro atoms. The first-order chi connectivity index (χ1) is 21.3. The monoisotopic (exact) mass is 596 g/mol. The number of carbonyl (C=O) groups is 4. The Morgan fingerprint density at radius 2 is 1.48 bits per heavy atom. The van der Waals surface area contributed by atoms with Gasteiger partial charge in [0, 0.05) is 24.6 Å². The highest BCUT2D eigenvalue weighted by Crippen LogP contribution is 2.25. The molecule has 4 rings (SSSR count). The Labute approximate surface area is 253 Å². The maximum absolute atomic E-state index is 13.6. The topological polar surface area (TPSA) is 167 Å². The maximum Gasteiger partial charge on any atom is 0.326 e. The number of amides is 2. The van der Waals surface area contributed by atoms with Crippen LogP contribution in [0.1, 0.15) is 40.4 Å². The van der Waals surface area contributed by atoms with Gasteiger partial charge in [-0.05, 0) is 48.3 Å². The SMILES string of the molecule is O=C(NC(CCCNC(=O)C(C(=O)O)C1=CC=CC=CN1)C(=O)O)c1cccn(C(c2ccccc2)c2ccccc2)c1=O. The molecule has 2 amide bonds. The van der Waals surface area contributed by atoms with Gasteiger partial charge in [-0.3, -0.25) is 19.2 Å². The first-order valence-electron chi connectivity index (χ1n) is 13.9. The van der Waals surface area contributed by atoms with Crippen molar-refractivity contribution in [2.75, 3.05) is 6.54 Å². The second-order valence-electron chi connectivity index (χ2n) is 9.94. The van der Waals surface area contributed by atoms with Gasteiger partial charge in [0.15, 0.2) is 5.92 Å². The lowest BCUT2D eigenvalue weighted by Gasteiger charge is -2.22. The molecule has 2 heterocycles. The van der Waals surface area contributed by atoms with Gasteiger partial charge >= 0.3 is 11.9 Å². The molecule has 1 aromatic heterocycles. The smallest absolute Gasteiger partial charge is 0.326 e. The summed E-state index contributed by atoms with van der Waals surface area (Å²) in [7, 11) is 0. The number of hydrogen-bond acceptors (Lipinski definition) is 6. The zero-order chi connectivity index (χ0) is 31.5. The molecular formula is C33H32N4O7. The van der Waals surface area contributed by atoms with Crippen LogP contribution in [0.25, 0.3) is 0 Å². The second-order valence-corrected chi connectivity index (χ2v) is 9.94. The third kappa shape index (κ3) is 7.77. The molecule has 2 aromatic carbocycles. The number of rotatable bonds is 13. The number of hydrogen-bond donors (Lipinski definition) is 5. The zero-order valence-electron chi connectivity index (χ0n) is 23.6. The van der Waals surface area contributed by atoms with E-state index in [1.54, 1.807) is 30.5 Å². The van der Waals surface area contributed by atoms with E-state index >= 15 is 0 Å². The number of carboxylic acid groups (broad SMARTS) is 2. The number of aromatic nitrogens is 1. The summed E-state index contributed by atoms with van der Waals surface area (Å²) in [5, 5.41) is 27.0. The highest BCUT2D eigenvalue weighted by molar-refractivity contribution is 6.00. The Morgan fingerprint density at radius 3 is 2.09 bits per heavy atom. The fourth-order valence-corrected chi connectivity index (χ4v) is 4.82. The van der Waals surface area contributed by atoms with Crippen LogP contribution in [-0.4, -0.2) is 51.1 Å². The minimum atomic E-state index is -1.49. The predicted octanol–water partition coefficient (Wildman–Crippen LogP) is 2.82. The molecule has 0 bridgehead atoms. The van der Waals surface area contributed by atoms with Crippen LogP contribution in [0, 0.1) is 5.92 Å². The van der Waals surface area contributed by atoms with Gasteiger partial charge in [0.25, 0.3) is 11.5 Å². The number of carbonyl (C=O) groups excluding carboxylic acids is 2. The highest BCUT2D eigenvalue weighted by atomic mass is 16.4. The molecule has 1 aliphatic rings. The van der Waals surface area contributed by atoms with Gasteiger partial charge < -0.3 is 30.7 Å². The van der Waals surface area contributed by atoms with Gasteiger partial charge in [-0.1, -0.05) is 72.8 Å². The van der Waals surface area contributed by atoms with E-state index in [0.717, 1.165) is 11.1 Å². The zero-order valence-corrected chi connectivity index (χ0v) is 23.6. The average molecular weight is 597 g/mol. The predicted molar refractivity (Wildman–Crippen MR) is 163 cm³/mol. The molecule has 44 heavy (non-hydrogen) atoms. The number of aliphatic carboxylic acids is 2. The molecule has 0 aliphatic carbocycles. The summed E-state index contributed by atoms with van der Waals surface area (Å²) in [6, 6.07) is 19.7. The van der Waals surface area contributed by atoms with Gasteiger partial charge in [0.2, 0.25) is 5.91 Å². The summed E-state index contributed by atoms with van der Waals surface area (Å²) in [5.41, 5.74) is 1.01. The van der Waals surface area contributed by atoms with Crippen molar-refractivity contribution >= 4 is 23.8 Å². The van der Waals surface area contributed by atoms with Crippen LogP contribution < -0.4 is 21.5 Å². The van der Waals surface area contributed by atoms with E-state index < -0.39 is 47.3 Å². The molecule has 11 nitrogen and oxygen atoms in total. The van der Waals surface area contributed by atoms with Crippen molar-refractivity contribution in [2.24, 2.45) is 5.92 Å². The standard InChI is InChI=1S/C33H32N4O7/c38-29(24-16-11-21-37(31(24)40)28(22-12-4-1-5-13-22)23-14-6-2-7-15-23)36-26(32(41)42)18-10-20-35-30(39)27(33(43)44)25-17-8-3-9-19-34-25/h1-9,11-17,19,21,26-28,34H,10,18,20H2,(H,35,39)(H,36,38)(H,41,42)(H,43,44). The fourth-order valence-electron chi connectivity index (χ4n) is 4.82. The average Bonchev–Trinajstić information content (AvgIpc) is 3.30. The lowest BCUT2D eigenvalue weighted by atomic mass is 9.98. The van der Waals surface area contributed by atoms with Crippen molar-refractivity contribution in [1.29, 1.82) is 0 Å². The summed E-state index contributed by atoms with van der Waals surface area (Å²) in [4.78, 5) is 63.1. The van der Waals surface area contributed by atoms with Gasteiger partial charge in [0.05, 0.1) is 6.04 Å². The largest absolute Gasteiger partial charge is 0.480 e. The summed E-state index contributed by atoms with van der Waals surface area (Å²) in [5.74, 6) is -5.78. The van der Waals surface area contributed by atoms with E-state index in [9.17, 15) is 34.2 Å². The fraction of sp³-hybridized carbons (Fsp3) is 0.182. The summed E-state index contributed by atoms with van der Waals surface area (Å²) in [6.07, 6.45) is 9.52. The third-order valence-electron chi connectivity index (χ3n) is 6.96. The van der Waals surface area contributed by atoms with Crippen LogP contribution in [0.4, 0.5) is 0 Å². The molecule has 226 valence electrons. The molecule has 0 saturated heterocycles. The van der Waals surface area contributed by atoms with Crippen molar-refractivity contribution in [1.82, 2.24) is 20.5 Å². The van der Waals surface area contributed by atoms with E-state index in [-0.39, 0.29) is 30.6 Å². The van der Waals surface area contributed by atoms with E-state index in [1.807, 2.05) is 60.7 Å². The minimum absolute atomic E-state index is 0.0325. The van der Waals surface area contributed by atoms with Gasteiger partial charge in [0.1, 0.15) is 11.6 Å². The van der Waals surface area contributed by atoms with Crippen LogP contribution in [0.15, 0.2) is 120 Å². The molecular weight excluding hydrogens is 564 g/mol. The van der Waals surface area contributed by atoms with Crippen molar-refractivity contribution in [2.45, 2.75) is 24.9 Å².